The van der Waals surface area contributed by atoms with Gasteiger partial charge in [0.1, 0.15) is 0 Å². The summed E-state index contributed by atoms with van der Waals surface area (Å²) in [6.45, 7) is 2.36. The molecule has 1 aliphatic rings. The van der Waals surface area contributed by atoms with Crippen LogP contribution in [0.4, 0.5) is 5.69 Å². The van der Waals surface area contributed by atoms with Gasteiger partial charge in [-0.2, -0.15) is 0 Å². The zero-order valence-corrected chi connectivity index (χ0v) is 14.8. The van der Waals surface area contributed by atoms with Crippen LogP contribution in [-0.4, -0.2) is 27.4 Å². The Morgan fingerprint density at radius 2 is 1.96 bits per heavy atom. The molecule has 2 rings (SSSR count). The minimum atomic E-state index is -3.60. The number of hydrogen-bond acceptors (Lipinski definition) is 4. The maximum absolute atomic E-state index is 12.4. The van der Waals surface area contributed by atoms with Crippen molar-refractivity contribution in [3.63, 3.8) is 0 Å². The molecule has 23 heavy (non-hydrogen) atoms. The average molecular weight is 362 g/mol. The molecule has 4 N–H and O–H groups in total. The summed E-state index contributed by atoms with van der Waals surface area (Å²) < 4.78 is 26.5. The van der Waals surface area contributed by atoms with E-state index >= 15 is 0 Å². The van der Waals surface area contributed by atoms with Gasteiger partial charge < -0.3 is 11.1 Å². The molecular weight excluding hydrogens is 338 g/mol. The molecule has 0 aliphatic heterocycles. The average Bonchev–Trinajstić information content (AvgIpc) is 2.94. The Balaban J connectivity index is 0.00000264. The molecule has 0 saturated heterocycles. The molecule has 0 bridgehead atoms. The van der Waals surface area contributed by atoms with Gasteiger partial charge >= 0.3 is 0 Å². The van der Waals surface area contributed by atoms with E-state index in [4.69, 9.17) is 5.73 Å². The van der Waals surface area contributed by atoms with Crippen molar-refractivity contribution in [1.29, 1.82) is 0 Å². The third-order valence-electron chi connectivity index (χ3n) is 4.09. The lowest BCUT2D eigenvalue weighted by Gasteiger charge is -2.22. The van der Waals surface area contributed by atoms with Gasteiger partial charge in [-0.3, -0.25) is 4.79 Å². The van der Waals surface area contributed by atoms with Crippen LogP contribution in [0.2, 0.25) is 0 Å². The van der Waals surface area contributed by atoms with Crippen LogP contribution < -0.4 is 15.8 Å². The van der Waals surface area contributed by atoms with Crippen molar-refractivity contribution in [3.05, 3.63) is 24.3 Å². The number of benzene rings is 1. The second kappa shape index (κ2) is 8.10. The monoisotopic (exact) mass is 361 g/mol. The molecule has 0 radical (unpaired) electrons. The number of carbonyl (C=O) groups excluding carboxylic acids is 1. The van der Waals surface area contributed by atoms with E-state index in [1.54, 1.807) is 12.1 Å². The van der Waals surface area contributed by atoms with E-state index in [2.05, 4.69) is 10.0 Å². The molecule has 1 amide bonds. The van der Waals surface area contributed by atoms with Crippen LogP contribution in [0.5, 0.6) is 0 Å². The first-order chi connectivity index (χ1) is 10.4. The maximum Gasteiger partial charge on any atom is 0.240 e. The first kappa shape index (κ1) is 19.9. The number of amides is 1. The molecule has 1 aliphatic carbocycles. The highest BCUT2D eigenvalue weighted by molar-refractivity contribution is 7.89. The standard InChI is InChI=1S/C15H23N3O3S.ClH/c1-15(7-2-3-8-15)14(19)18-12-5-4-6-13(11-12)22(20,21)17-10-9-16;/h4-6,11,17H,2-3,7-10,16H2,1H3,(H,18,19);1H. The van der Waals surface area contributed by atoms with E-state index in [9.17, 15) is 13.2 Å². The van der Waals surface area contributed by atoms with Gasteiger partial charge in [0.25, 0.3) is 0 Å². The van der Waals surface area contributed by atoms with E-state index < -0.39 is 10.0 Å². The number of nitrogens with one attached hydrogen (secondary N) is 2. The van der Waals surface area contributed by atoms with Crippen LogP contribution in [0.15, 0.2) is 29.2 Å². The quantitative estimate of drug-likeness (QED) is 0.719. The molecule has 1 aromatic rings. The summed E-state index contributed by atoms with van der Waals surface area (Å²) in [6, 6.07) is 6.27. The predicted octanol–water partition coefficient (Wildman–Crippen LogP) is 1.86. The van der Waals surface area contributed by atoms with Gasteiger partial charge in [-0.05, 0) is 31.0 Å². The van der Waals surface area contributed by atoms with Crippen molar-refractivity contribution in [2.75, 3.05) is 18.4 Å². The smallest absolute Gasteiger partial charge is 0.240 e. The Labute approximate surface area is 143 Å². The van der Waals surface area contributed by atoms with Crippen molar-refractivity contribution in [1.82, 2.24) is 4.72 Å². The fraction of sp³-hybridized carbons (Fsp3) is 0.533. The molecule has 0 unspecified atom stereocenters. The first-order valence-corrected chi connectivity index (χ1v) is 8.97. The molecule has 130 valence electrons. The summed E-state index contributed by atoms with van der Waals surface area (Å²) in [5.74, 6) is -0.0468. The van der Waals surface area contributed by atoms with Crippen molar-refractivity contribution >= 4 is 34.0 Å². The SMILES string of the molecule is CC1(C(=O)Nc2cccc(S(=O)(=O)NCCN)c2)CCCC1.Cl. The molecule has 8 heteroatoms. The van der Waals surface area contributed by atoms with Crippen LogP contribution in [0, 0.1) is 5.41 Å². The van der Waals surface area contributed by atoms with Gasteiger partial charge in [-0.1, -0.05) is 25.8 Å². The normalized spacial score (nSPS) is 16.6. The molecule has 0 atom stereocenters. The number of carbonyl (C=O) groups is 1. The zero-order chi connectivity index (χ0) is 16.2. The van der Waals surface area contributed by atoms with E-state index in [-0.39, 0.29) is 41.7 Å². The Morgan fingerprint density at radius 3 is 2.57 bits per heavy atom. The third kappa shape index (κ3) is 4.91. The van der Waals surface area contributed by atoms with Gasteiger partial charge in [0.2, 0.25) is 15.9 Å². The molecule has 1 fully saturated rings. The van der Waals surface area contributed by atoms with Crippen LogP contribution in [0.1, 0.15) is 32.6 Å². The predicted molar refractivity (Wildman–Crippen MR) is 93.1 cm³/mol. The Morgan fingerprint density at radius 1 is 1.30 bits per heavy atom. The number of sulfonamides is 1. The van der Waals surface area contributed by atoms with Crippen LogP contribution in [0.3, 0.4) is 0 Å². The lowest BCUT2D eigenvalue weighted by Crippen LogP contribution is -2.31. The zero-order valence-electron chi connectivity index (χ0n) is 13.2. The highest BCUT2D eigenvalue weighted by atomic mass is 35.5. The molecule has 1 saturated carbocycles. The summed E-state index contributed by atoms with van der Waals surface area (Å²) in [5.41, 5.74) is 5.45. The fourth-order valence-electron chi connectivity index (χ4n) is 2.68. The number of nitrogens with two attached hydrogens (primary N) is 1. The van der Waals surface area contributed by atoms with Crippen LogP contribution in [-0.2, 0) is 14.8 Å². The maximum atomic E-state index is 12.4. The lowest BCUT2D eigenvalue weighted by molar-refractivity contribution is -0.124. The van der Waals surface area contributed by atoms with Crippen molar-refractivity contribution < 1.29 is 13.2 Å². The molecular formula is C15H24ClN3O3S. The Hall–Kier alpha value is -1.15. The van der Waals surface area contributed by atoms with Gasteiger partial charge in [-0.25, -0.2) is 13.1 Å². The van der Waals surface area contributed by atoms with Crippen molar-refractivity contribution in [2.24, 2.45) is 11.1 Å². The minimum absolute atomic E-state index is 0. The number of anilines is 1. The first-order valence-electron chi connectivity index (χ1n) is 7.49. The number of halogens is 1. The second-order valence-corrected chi connectivity index (χ2v) is 7.70. The third-order valence-corrected chi connectivity index (χ3v) is 5.55. The highest BCUT2D eigenvalue weighted by Gasteiger charge is 2.36. The summed E-state index contributed by atoms with van der Waals surface area (Å²) in [7, 11) is -3.60. The summed E-state index contributed by atoms with van der Waals surface area (Å²) in [4.78, 5) is 12.5. The molecule has 6 nitrogen and oxygen atoms in total. The van der Waals surface area contributed by atoms with Crippen LogP contribution in [0.25, 0.3) is 0 Å². The summed E-state index contributed by atoms with van der Waals surface area (Å²) in [5, 5.41) is 2.84. The minimum Gasteiger partial charge on any atom is -0.329 e. The summed E-state index contributed by atoms with van der Waals surface area (Å²) >= 11 is 0. The van der Waals surface area contributed by atoms with Crippen LogP contribution >= 0.6 is 12.4 Å². The van der Waals surface area contributed by atoms with E-state index in [1.165, 1.54) is 12.1 Å². The van der Waals surface area contributed by atoms with Crippen molar-refractivity contribution in [3.8, 4) is 0 Å². The van der Waals surface area contributed by atoms with Gasteiger partial charge in [-0.15, -0.1) is 12.4 Å². The fourth-order valence-corrected chi connectivity index (χ4v) is 3.78. The number of hydrogen-bond donors (Lipinski definition) is 3. The van der Waals surface area contributed by atoms with Gasteiger partial charge in [0.15, 0.2) is 0 Å². The van der Waals surface area contributed by atoms with Gasteiger partial charge in [0.05, 0.1) is 4.90 Å². The molecule has 0 heterocycles. The summed E-state index contributed by atoms with van der Waals surface area (Å²) in [6.07, 6.45) is 3.85. The Kier molecular flexibility index (Phi) is 7.01. The van der Waals surface area contributed by atoms with Gasteiger partial charge in [0, 0.05) is 24.2 Å². The molecule has 1 aromatic carbocycles. The van der Waals surface area contributed by atoms with Crippen molar-refractivity contribution in [2.45, 2.75) is 37.5 Å². The van der Waals surface area contributed by atoms with E-state index in [0.717, 1.165) is 25.7 Å². The topological polar surface area (TPSA) is 101 Å². The second-order valence-electron chi connectivity index (χ2n) is 5.94. The molecule has 0 aromatic heterocycles. The number of rotatable bonds is 6. The Bertz CT molecular complexity index is 643. The van der Waals surface area contributed by atoms with E-state index in [0.29, 0.717) is 5.69 Å². The largest absolute Gasteiger partial charge is 0.329 e. The highest BCUT2D eigenvalue weighted by Crippen LogP contribution is 2.38. The lowest BCUT2D eigenvalue weighted by atomic mass is 9.88. The van der Waals surface area contributed by atoms with E-state index in [1.807, 2.05) is 6.92 Å². The molecule has 0 spiro atoms.